The van der Waals surface area contributed by atoms with E-state index in [0.717, 1.165) is 4.47 Å². The zero-order valence-electron chi connectivity index (χ0n) is 9.55. The molecule has 1 heterocycles. The van der Waals surface area contributed by atoms with Crippen molar-refractivity contribution in [1.82, 2.24) is 15.1 Å². The fraction of sp³-hybridized carbons (Fsp3) is 0.500. The summed E-state index contributed by atoms with van der Waals surface area (Å²) in [6.07, 6.45) is 3.20. The third-order valence-electron chi connectivity index (χ3n) is 2.16. The maximum absolute atomic E-state index is 11.6. The number of nitrogens with one attached hydrogen (secondary N) is 1. The van der Waals surface area contributed by atoms with Gasteiger partial charge in [0.2, 0.25) is 5.91 Å². The summed E-state index contributed by atoms with van der Waals surface area (Å²) in [4.78, 5) is 22.5. The number of halogens is 1. The minimum Gasteiger partial charge on any atom is -0.480 e. The van der Waals surface area contributed by atoms with E-state index in [4.69, 9.17) is 5.11 Å². The van der Waals surface area contributed by atoms with Crippen molar-refractivity contribution in [3.63, 3.8) is 0 Å². The number of aliphatic carboxylic acids is 1. The highest BCUT2D eigenvalue weighted by Gasteiger charge is 2.23. The van der Waals surface area contributed by atoms with Gasteiger partial charge in [-0.05, 0) is 21.8 Å². The van der Waals surface area contributed by atoms with Gasteiger partial charge in [0.05, 0.1) is 10.7 Å². The van der Waals surface area contributed by atoms with Crippen molar-refractivity contribution < 1.29 is 14.7 Å². The lowest BCUT2D eigenvalue weighted by molar-refractivity contribution is -0.143. The standard InChI is InChI=1S/C10H14BrN3O3/c1-6(2)9(10(16)17)13-8(15)5-14-4-7(11)3-12-14/h3-4,6,9H,5H2,1-2H3,(H,13,15)(H,16,17)/t9-/m1/s1. The molecule has 1 aromatic rings. The van der Waals surface area contributed by atoms with Gasteiger partial charge in [0, 0.05) is 6.20 Å². The number of hydrogen-bond donors (Lipinski definition) is 2. The Balaban J connectivity index is 2.56. The monoisotopic (exact) mass is 303 g/mol. The van der Waals surface area contributed by atoms with Crippen LogP contribution in [0, 0.1) is 5.92 Å². The van der Waals surface area contributed by atoms with Crippen LogP contribution in [0.1, 0.15) is 13.8 Å². The van der Waals surface area contributed by atoms with E-state index in [1.807, 2.05) is 0 Å². The number of carbonyl (C=O) groups excluding carboxylic acids is 1. The molecule has 0 unspecified atom stereocenters. The van der Waals surface area contributed by atoms with Crippen molar-refractivity contribution in [3.8, 4) is 0 Å². The van der Waals surface area contributed by atoms with Crippen LogP contribution in [-0.4, -0.2) is 32.8 Å². The van der Waals surface area contributed by atoms with Crippen LogP contribution in [0.3, 0.4) is 0 Å². The molecule has 0 aromatic carbocycles. The zero-order chi connectivity index (χ0) is 13.0. The summed E-state index contributed by atoms with van der Waals surface area (Å²) in [6, 6.07) is -0.874. The predicted molar refractivity (Wildman–Crippen MR) is 64.3 cm³/mol. The fourth-order valence-corrected chi connectivity index (χ4v) is 1.63. The molecule has 0 fully saturated rings. The first kappa shape index (κ1) is 13.7. The largest absolute Gasteiger partial charge is 0.480 e. The van der Waals surface area contributed by atoms with Gasteiger partial charge in [0.15, 0.2) is 0 Å². The van der Waals surface area contributed by atoms with Crippen LogP contribution in [0.15, 0.2) is 16.9 Å². The number of hydrogen-bond acceptors (Lipinski definition) is 3. The van der Waals surface area contributed by atoms with Crippen LogP contribution >= 0.6 is 15.9 Å². The third-order valence-corrected chi connectivity index (χ3v) is 2.57. The van der Waals surface area contributed by atoms with Gasteiger partial charge in [-0.1, -0.05) is 13.8 Å². The smallest absolute Gasteiger partial charge is 0.326 e. The van der Waals surface area contributed by atoms with E-state index in [1.165, 1.54) is 4.68 Å². The van der Waals surface area contributed by atoms with Gasteiger partial charge in [-0.2, -0.15) is 5.10 Å². The molecule has 7 heteroatoms. The Hall–Kier alpha value is -1.37. The first-order valence-corrected chi connectivity index (χ1v) is 5.89. The molecule has 0 aliphatic rings. The number of aromatic nitrogens is 2. The number of carboxylic acids is 1. The fourth-order valence-electron chi connectivity index (χ4n) is 1.30. The summed E-state index contributed by atoms with van der Waals surface area (Å²) < 4.78 is 2.20. The molecule has 94 valence electrons. The van der Waals surface area contributed by atoms with Gasteiger partial charge in [0.1, 0.15) is 12.6 Å². The molecule has 1 rings (SSSR count). The summed E-state index contributed by atoms with van der Waals surface area (Å²) in [5.41, 5.74) is 0. The predicted octanol–water partition coefficient (Wildman–Crippen LogP) is 0.871. The lowest BCUT2D eigenvalue weighted by Gasteiger charge is -2.17. The molecule has 0 aliphatic heterocycles. The van der Waals surface area contributed by atoms with Crippen LogP contribution in [-0.2, 0) is 16.1 Å². The number of carbonyl (C=O) groups is 2. The van der Waals surface area contributed by atoms with Crippen LogP contribution in [0.2, 0.25) is 0 Å². The minimum absolute atomic E-state index is 0.00208. The lowest BCUT2D eigenvalue weighted by Crippen LogP contribution is -2.45. The molecule has 0 saturated heterocycles. The number of amides is 1. The Morgan fingerprint density at radius 3 is 2.65 bits per heavy atom. The van der Waals surface area contributed by atoms with Crippen molar-refractivity contribution in [2.75, 3.05) is 0 Å². The number of nitrogens with zero attached hydrogens (tertiary/aromatic N) is 2. The molecule has 0 aliphatic carbocycles. The van der Waals surface area contributed by atoms with E-state index in [0.29, 0.717) is 0 Å². The van der Waals surface area contributed by atoms with Gasteiger partial charge in [-0.25, -0.2) is 4.79 Å². The van der Waals surface area contributed by atoms with Crippen molar-refractivity contribution in [1.29, 1.82) is 0 Å². The Bertz CT molecular complexity index is 417. The van der Waals surface area contributed by atoms with E-state index in [9.17, 15) is 9.59 Å². The van der Waals surface area contributed by atoms with E-state index < -0.39 is 12.0 Å². The maximum atomic E-state index is 11.6. The summed E-state index contributed by atoms with van der Waals surface area (Å²) >= 11 is 3.21. The zero-order valence-corrected chi connectivity index (χ0v) is 11.1. The molecule has 17 heavy (non-hydrogen) atoms. The van der Waals surface area contributed by atoms with Gasteiger partial charge in [-0.3, -0.25) is 9.48 Å². The highest BCUT2D eigenvalue weighted by Crippen LogP contribution is 2.06. The highest BCUT2D eigenvalue weighted by molar-refractivity contribution is 9.10. The van der Waals surface area contributed by atoms with Crippen molar-refractivity contribution >= 4 is 27.8 Å². The second-order valence-electron chi connectivity index (χ2n) is 3.98. The van der Waals surface area contributed by atoms with Gasteiger partial charge in [-0.15, -0.1) is 0 Å². The van der Waals surface area contributed by atoms with Crippen LogP contribution in [0.5, 0.6) is 0 Å². The van der Waals surface area contributed by atoms with Crippen LogP contribution in [0.4, 0.5) is 0 Å². The summed E-state index contributed by atoms with van der Waals surface area (Å²) in [5, 5.41) is 15.3. The molecular weight excluding hydrogens is 290 g/mol. The summed E-state index contributed by atoms with van der Waals surface area (Å²) in [6.45, 7) is 3.48. The van der Waals surface area contributed by atoms with Crippen LogP contribution in [0.25, 0.3) is 0 Å². The third kappa shape index (κ3) is 4.18. The molecule has 0 bridgehead atoms. The van der Waals surface area contributed by atoms with Gasteiger partial charge < -0.3 is 10.4 Å². The molecule has 1 amide bonds. The lowest BCUT2D eigenvalue weighted by atomic mass is 10.1. The number of rotatable bonds is 5. The summed E-state index contributed by atoms with van der Waals surface area (Å²) in [5.74, 6) is -1.57. The average molecular weight is 304 g/mol. The van der Waals surface area contributed by atoms with Crippen molar-refractivity contribution in [2.45, 2.75) is 26.4 Å². The van der Waals surface area contributed by atoms with E-state index in [-0.39, 0.29) is 18.4 Å². The van der Waals surface area contributed by atoms with Gasteiger partial charge in [0.25, 0.3) is 0 Å². The van der Waals surface area contributed by atoms with Crippen LogP contribution < -0.4 is 5.32 Å². The molecular formula is C10H14BrN3O3. The second-order valence-corrected chi connectivity index (χ2v) is 4.90. The Morgan fingerprint density at radius 2 is 2.24 bits per heavy atom. The van der Waals surface area contributed by atoms with E-state index in [1.54, 1.807) is 26.2 Å². The van der Waals surface area contributed by atoms with E-state index >= 15 is 0 Å². The number of carboxylic acid groups (broad SMARTS) is 1. The molecule has 1 atom stereocenters. The summed E-state index contributed by atoms with van der Waals surface area (Å²) in [7, 11) is 0. The maximum Gasteiger partial charge on any atom is 0.326 e. The average Bonchev–Trinajstić information content (AvgIpc) is 2.59. The quantitative estimate of drug-likeness (QED) is 0.845. The highest BCUT2D eigenvalue weighted by atomic mass is 79.9. The molecule has 0 spiro atoms. The molecule has 2 N–H and O–H groups in total. The minimum atomic E-state index is -1.03. The SMILES string of the molecule is CC(C)[C@@H](NC(=O)Cn1cc(Br)cn1)C(=O)O. The molecule has 1 aromatic heterocycles. The second kappa shape index (κ2) is 5.81. The molecule has 0 saturated carbocycles. The topological polar surface area (TPSA) is 84.2 Å². The molecule has 0 radical (unpaired) electrons. The first-order valence-electron chi connectivity index (χ1n) is 5.10. The van der Waals surface area contributed by atoms with E-state index in [2.05, 4.69) is 26.3 Å². The first-order chi connectivity index (χ1) is 7.90. The normalized spacial score (nSPS) is 12.5. The van der Waals surface area contributed by atoms with Crippen molar-refractivity contribution in [2.24, 2.45) is 5.92 Å². The Labute approximate surface area is 107 Å². The Kier molecular flexibility index (Phi) is 4.68. The van der Waals surface area contributed by atoms with Crippen molar-refractivity contribution in [3.05, 3.63) is 16.9 Å². The van der Waals surface area contributed by atoms with Gasteiger partial charge >= 0.3 is 5.97 Å². The molecule has 6 nitrogen and oxygen atoms in total. The Morgan fingerprint density at radius 1 is 1.59 bits per heavy atom.